The SMILES string of the molecule is Cc1ccc(CN2CCNCC2C(=O)N(C)C)c(C)c1. The summed E-state index contributed by atoms with van der Waals surface area (Å²) >= 11 is 0. The summed E-state index contributed by atoms with van der Waals surface area (Å²) in [5, 5.41) is 3.32. The van der Waals surface area contributed by atoms with Crippen LogP contribution in [0, 0.1) is 13.8 Å². The number of nitrogens with one attached hydrogen (secondary N) is 1. The normalized spacial score (nSPS) is 19.9. The lowest BCUT2D eigenvalue weighted by molar-refractivity contribution is -0.135. The summed E-state index contributed by atoms with van der Waals surface area (Å²) in [4.78, 5) is 16.3. The van der Waals surface area contributed by atoms with Gasteiger partial charge in [0, 0.05) is 40.3 Å². The van der Waals surface area contributed by atoms with E-state index in [0.717, 1.165) is 26.2 Å². The molecule has 20 heavy (non-hydrogen) atoms. The van der Waals surface area contributed by atoms with Crippen LogP contribution in [-0.4, -0.2) is 55.5 Å². The minimum absolute atomic E-state index is 0.0561. The van der Waals surface area contributed by atoms with E-state index >= 15 is 0 Å². The van der Waals surface area contributed by atoms with Crippen LogP contribution < -0.4 is 5.32 Å². The summed E-state index contributed by atoms with van der Waals surface area (Å²) in [6, 6.07) is 6.48. The van der Waals surface area contributed by atoms with Gasteiger partial charge >= 0.3 is 0 Å². The fourth-order valence-corrected chi connectivity index (χ4v) is 2.72. The Balaban J connectivity index is 2.14. The largest absolute Gasteiger partial charge is 0.347 e. The summed E-state index contributed by atoms with van der Waals surface area (Å²) < 4.78 is 0. The third-order valence-corrected chi connectivity index (χ3v) is 3.95. The summed E-state index contributed by atoms with van der Waals surface area (Å²) in [5.74, 6) is 0.182. The molecule has 1 saturated heterocycles. The maximum absolute atomic E-state index is 12.3. The second-order valence-corrected chi connectivity index (χ2v) is 5.85. The molecular weight excluding hydrogens is 250 g/mol. The lowest BCUT2D eigenvalue weighted by Crippen LogP contribution is -2.57. The third kappa shape index (κ3) is 3.38. The van der Waals surface area contributed by atoms with Gasteiger partial charge in [0.1, 0.15) is 6.04 Å². The second kappa shape index (κ2) is 6.37. The summed E-state index contributed by atoms with van der Waals surface area (Å²) in [5.41, 5.74) is 3.90. The van der Waals surface area contributed by atoms with E-state index in [-0.39, 0.29) is 11.9 Å². The molecule has 1 aromatic rings. The van der Waals surface area contributed by atoms with E-state index in [1.165, 1.54) is 16.7 Å². The molecule has 0 saturated carbocycles. The maximum Gasteiger partial charge on any atom is 0.240 e. The molecule has 4 nitrogen and oxygen atoms in total. The molecule has 1 aromatic carbocycles. The van der Waals surface area contributed by atoms with Crippen LogP contribution in [0.5, 0.6) is 0 Å². The van der Waals surface area contributed by atoms with E-state index in [9.17, 15) is 4.79 Å². The van der Waals surface area contributed by atoms with Crippen LogP contribution in [0.25, 0.3) is 0 Å². The van der Waals surface area contributed by atoms with Gasteiger partial charge in [0.15, 0.2) is 0 Å². The molecule has 1 N–H and O–H groups in total. The van der Waals surface area contributed by atoms with Gasteiger partial charge < -0.3 is 10.2 Å². The first-order valence-corrected chi connectivity index (χ1v) is 7.21. The highest BCUT2D eigenvalue weighted by Gasteiger charge is 2.29. The van der Waals surface area contributed by atoms with Crippen molar-refractivity contribution in [2.45, 2.75) is 26.4 Å². The number of nitrogens with zero attached hydrogens (tertiary/aromatic N) is 2. The van der Waals surface area contributed by atoms with Gasteiger partial charge in [-0.05, 0) is 25.0 Å². The van der Waals surface area contributed by atoms with E-state index in [4.69, 9.17) is 0 Å². The Morgan fingerprint density at radius 2 is 2.15 bits per heavy atom. The van der Waals surface area contributed by atoms with Crippen molar-refractivity contribution in [2.75, 3.05) is 33.7 Å². The standard InChI is InChI=1S/C16H25N3O/c1-12-5-6-14(13(2)9-12)11-19-8-7-17-10-15(19)16(20)18(3)4/h5-6,9,15,17H,7-8,10-11H2,1-4H3. The predicted octanol–water partition coefficient (Wildman–Crippen LogP) is 1.17. The minimum atomic E-state index is -0.0561. The van der Waals surface area contributed by atoms with Crippen molar-refractivity contribution in [1.82, 2.24) is 15.1 Å². The second-order valence-electron chi connectivity index (χ2n) is 5.85. The molecule has 1 amide bonds. The van der Waals surface area contributed by atoms with Crippen molar-refractivity contribution in [2.24, 2.45) is 0 Å². The highest BCUT2D eigenvalue weighted by molar-refractivity contribution is 5.81. The zero-order valence-electron chi connectivity index (χ0n) is 12.9. The van der Waals surface area contributed by atoms with Crippen LogP contribution in [0.4, 0.5) is 0 Å². The number of benzene rings is 1. The molecule has 0 bridgehead atoms. The Morgan fingerprint density at radius 3 is 2.80 bits per heavy atom. The molecule has 0 aliphatic carbocycles. The van der Waals surface area contributed by atoms with Crippen LogP contribution in [0.3, 0.4) is 0 Å². The number of amides is 1. The van der Waals surface area contributed by atoms with Gasteiger partial charge in [0.25, 0.3) is 0 Å². The molecule has 4 heteroatoms. The Labute approximate surface area is 121 Å². The van der Waals surface area contributed by atoms with E-state index in [1.807, 2.05) is 14.1 Å². The summed E-state index contributed by atoms with van der Waals surface area (Å²) in [6.45, 7) is 7.70. The molecule has 1 fully saturated rings. The highest BCUT2D eigenvalue weighted by atomic mass is 16.2. The van der Waals surface area contributed by atoms with Crippen LogP contribution >= 0.6 is 0 Å². The molecule has 1 heterocycles. The Kier molecular flexibility index (Phi) is 4.78. The maximum atomic E-state index is 12.3. The molecule has 1 unspecified atom stereocenters. The molecular formula is C16H25N3O. The van der Waals surface area contributed by atoms with Crippen molar-refractivity contribution in [1.29, 1.82) is 0 Å². The van der Waals surface area contributed by atoms with Gasteiger partial charge in [-0.15, -0.1) is 0 Å². The molecule has 1 aliphatic rings. The monoisotopic (exact) mass is 275 g/mol. The lowest BCUT2D eigenvalue weighted by atomic mass is 10.0. The topological polar surface area (TPSA) is 35.6 Å². The van der Waals surface area contributed by atoms with Crippen molar-refractivity contribution in [3.05, 3.63) is 34.9 Å². The van der Waals surface area contributed by atoms with Crippen LogP contribution in [0.15, 0.2) is 18.2 Å². The van der Waals surface area contributed by atoms with Crippen LogP contribution in [0.2, 0.25) is 0 Å². The first-order chi connectivity index (χ1) is 9.49. The highest BCUT2D eigenvalue weighted by Crippen LogP contribution is 2.16. The van der Waals surface area contributed by atoms with Crippen molar-refractivity contribution in [3.8, 4) is 0 Å². The van der Waals surface area contributed by atoms with Gasteiger partial charge in [-0.25, -0.2) is 0 Å². The van der Waals surface area contributed by atoms with Crippen LogP contribution in [0.1, 0.15) is 16.7 Å². The molecule has 1 aliphatic heterocycles. The number of rotatable bonds is 3. The van der Waals surface area contributed by atoms with E-state index in [1.54, 1.807) is 4.90 Å². The Bertz CT molecular complexity index is 485. The number of hydrogen-bond donors (Lipinski definition) is 1. The predicted molar refractivity (Wildman–Crippen MR) is 81.7 cm³/mol. The Morgan fingerprint density at radius 1 is 1.40 bits per heavy atom. The number of piperazine rings is 1. The zero-order chi connectivity index (χ0) is 14.7. The first kappa shape index (κ1) is 15.0. The molecule has 0 radical (unpaired) electrons. The quantitative estimate of drug-likeness (QED) is 0.899. The van der Waals surface area contributed by atoms with Gasteiger partial charge in [-0.1, -0.05) is 23.8 Å². The van der Waals surface area contributed by atoms with Crippen LogP contribution in [-0.2, 0) is 11.3 Å². The lowest BCUT2D eigenvalue weighted by Gasteiger charge is -2.36. The number of carbonyl (C=O) groups excluding carboxylic acids is 1. The number of hydrogen-bond acceptors (Lipinski definition) is 3. The average molecular weight is 275 g/mol. The van der Waals surface area contributed by atoms with Gasteiger partial charge in [-0.2, -0.15) is 0 Å². The first-order valence-electron chi connectivity index (χ1n) is 7.21. The smallest absolute Gasteiger partial charge is 0.240 e. The van der Waals surface area contributed by atoms with Crippen molar-refractivity contribution < 1.29 is 4.79 Å². The van der Waals surface area contributed by atoms with Crippen molar-refractivity contribution in [3.63, 3.8) is 0 Å². The van der Waals surface area contributed by atoms with Gasteiger partial charge in [0.05, 0.1) is 0 Å². The molecule has 110 valence electrons. The average Bonchev–Trinajstić information content (AvgIpc) is 2.41. The fourth-order valence-electron chi connectivity index (χ4n) is 2.72. The van der Waals surface area contributed by atoms with E-state index in [0.29, 0.717) is 0 Å². The number of likely N-dealkylation sites (N-methyl/N-ethyl adjacent to an activating group) is 1. The zero-order valence-corrected chi connectivity index (χ0v) is 12.9. The molecule has 1 atom stereocenters. The molecule has 0 aromatic heterocycles. The molecule has 0 spiro atoms. The minimum Gasteiger partial charge on any atom is -0.347 e. The summed E-state index contributed by atoms with van der Waals surface area (Å²) in [6.07, 6.45) is 0. The number of carbonyl (C=O) groups is 1. The Hall–Kier alpha value is -1.39. The fraction of sp³-hybridized carbons (Fsp3) is 0.562. The van der Waals surface area contributed by atoms with Crippen molar-refractivity contribution >= 4 is 5.91 Å². The van der Waals surface area contributed by atoms with E-state index < -0.39 is 0 Å². The molecule has 2 rings (SSSR count). The third-order valence-electron chi connectivity index (χ3n) is 3.95. The summed E-state index contributed by atoms with van der Waals surface area (Å²) in [7, 11) is 3.65. The van der Waals surface area contributed by atoms with E-state index in [2.05, 4.69) is 42.3 Å². The number of aryl methyl sites for hydroxylation is 2. The van der Waals surface area contributed by atoms with Gasteiger partial charge in [0.2, 0.25) is 5.91 Å². The van der Waals surface area contributed by atoms with Gasteiger partial charge in [-0.3, -0.25) is 9.69 Å².